The van der Waals surface area contributed by atoms with Crippen LogP contribution in [0.15, 0.2) is 0 Å². The summed E-state index contributed by atoms with van der Waals surface area (Å²) in [4.78, 5) is 0. The Morgan fingerprint density at radius 3 is 1.00 bits per heavy atom. The largest absolute Gasteiger partial charge is 2.00 e. The van der Waals surface area contributed by atoms with Gasteiger partial charge >= 0.3 is 21.1 Å². The summed E-state index contributed by atoms with van der Waals surface area (Å²) in [5, 5.41) is 0. The van der Waals surface area contributed by atoms with E-state index in [1.165, 1.54) is 89.9 Å². The molecule has 0 heterocycles. The number of ether oxygens (including phenoxy) is 2. The molecule has 0 atom stereocenters. The third-order valence-corrected chi connectivity index (χ3v) is 4.91. The predicted octanol–water partition coefficient (Wildman–Crippen LogP) is 7.95. The van der Waals surface area contributed by atoms with E-state index in [2.05, 4.69) is 63.5 Å². The van der Waals surface area contributed by atoms with Gasteiger partial charge in [0, 0.05) is 8.77 Å². The first-order valence-corrected chi connectivity index (χ1v) is 12.8. The van der Waals surface area contributed by atoms with Crippen LogP contribution < -0.4 is 0 Å². The molecule has 0 amide bonds. The quantitative estimate of drug-likeness (QED) is 0.0838. The maximum Gasteiger partial charge on any atom is 2.00 e. The summed E-state index contributed by atoms with van der Waals surface area (Å²) in [6.45, 7) is 5.90. The molecule has 0 unspecified atom stereocenters. The third-order valence-electron chi connectivity index (χ3n) is 4.44. The van der Waals surface area contributed by atoms with Gasteiger partial charge in [-0.15, -0.1) is 0 Å². The fourth-order valence-electron chi connectivity index (χ4n) is 2.78. The van der Waals surface area contributed by atoms with E-state index in [0.717, 1.165) is 12.8 Å². The number of hydrogen-bond donors (Lipinski definition) is 0. The molecule has 0 aromatic rings. The van der Waals surface area contributed by atoms with Crippen LogP contribution in [-0.2, 0) is 55.8 Å². The minimum Gasteiger partial charge on any atom is -0.514 e. The van der Waals surface area contributed by atoms with E-state index in [0.29, 0.717) is 13.2 Å². The molecule has 0 aliphatic rings. The fourth-order valence-corrected chi connectivity index (χ4v) is 3.12. The first-order valence-electron chi connectivity index (χ1n) is 11.2. The Kier molecular flexibility index (Phi) is 37.0. The Bertz CT molecular complexity index is 313. The zero-order valence-corrected chi connectivity index (χ0v) is 24.0. The summed E-state index contributed by atoms with van der Waals surface area (Å²) >= 11 is 18.5. The van der Waals surface area contributed by atoms with Crippen LogP contribution in [0.1, 0.15) is 117 Å². The smallest absolute Gasteiger partial charge is 0.514 e. The standard InChI is InChI=1S/2C11H22OS2.Pt/c2*1-2-3-4-5-6-7-8-9-10-12-11(13)14;/h2*2-10H2,1H3,(H,13,14);/q;;+2/p-2. The molecule has 0 spiro atoms. The van der Waals surface area contributed by atoms with Gasteiger partial charge in [-0.25, -0.2) is 0 Å². The van der Waals surface area contributed by atoms with E-state index in [9.17, 15) is 0 Å². The Morgan fingerprint density at radius 2 is 0.759 bits per heavy atom. The Balaban J connectivity index is -0.000000451. The first kappa shape index (κ1) is 34.5. The zero-order chi connectivity index (χ0) is 21.3. The molecule has 176 valence electrons. The normalized spacial score (nSPS) is 9.72. The number of unbranched alkanes of at least 4 members (excludes halogenated alkanes) is 14. The zero-order valence-electron chi connectivity index (χ0n) is 18.5. The van der Waals surface area contributed by atoms with Crippen molar-refractivity contribution in [1.82, 2.24) is 0 Å². The van der Waals surface area contributed by atoms with Crippen LogP contribution in [-0.4, -0.2) is 22.0 Å². The number of hydrogen-bond acceptors (Lipinski definition) is 6. The molecular formula is C22H42O2PtS4. The molecule has 0 rings (SSSR count). The topological polar surface area (TPSA) is 18.5 Å². The molecule has 0 saturated carbocycles. The molecule has 2 nitrogen and oxygen atoms in total. The molecule has 0 fully saturated rings. The van der Waals surface area contributed by atoms with Crippen LogP contribution in [0.3, 0.4) is 0 Å². The molecule has 0 aliphatic heterocycles. The summed E-state index contributed by atoms with van der Waals surface area (Å²) in [6.07, 6.45) is 21.0. The van der Waals surface area contributed by atoms with Crippen molar-refractivity contribution in [3.63, 3.8) is 0 Å². The maximum atomic E-state index is 5.03. The third kappa shape index (κ3) is 39.9. The second-order valence-electron chi connectivity index (χ2n) is 7.15. The van der Waals surface area contributed by atoms with Gasteiger partial charge in [-0.3, -0.25) is 0 Å². The molecule has 0 N–H and O–H groups in total. The second kappa shape index (κ2) is 31.1. The predicted molar refractivity (Wildman–Crippen MR) is 137 cm³/mol. The molecule has 0 saturated heterocycles. The van der Waals surface area contributed by atoms with Crippen LogP contribution >= 0.6 is 24.4 Å². The van der Waals surface area contributed by atoms with Crippen LogP contribution in [0.2, 0.25) is 0 Å². The van der Waals surface area contributed by atoms with Gasteiger partial charge < -0.3 is 59.2 Å². The van der Waals surface area contributed by atoms with Gasteiger partial charge in [0.2, 0.25) is 0 Å². The summed E-state index contributed by atoms with van der Waals surface area (Å²) in [7, 11) is 0. The number of rotatable bonds is 18. The van der Waals surface area contributed by atoms with Crippen molar-refractivity contribution >= 4 is 58.5 Å². The van der Waals surface area contributed by atoms with E-state index in [-0.39, 0.29) is 29.8 Å². The molecule has 7 heteroatoms. The Morgan fingerprint density at radius 1 is 0.517 bits per heavy atom. The van der Waals surface area contributed by atoms with E-state index >= 15 is 0 Å². The minimum absolute atomic E-state index is 0. The molecule has 29 heavy (non-hydrogen) atoms. The molecule has 0 aromatic heterocycles. The van der Waals surface area contributed by atoms with E-state index < -0.39 is 0 Å². The Hall–Kier alpha value is 0.908. The summed E-state index contributed by atoms with van der Waals surface area (Å²) in [5.74, 6) is 0. The minimum atomic E-state index is 0. The van der Waals surface area contributed by atoms with Crippen LogP contribution in [0, 0.1) is 0 Å². The van der Waals surface area contributed by atoms with Crippen molar-refractivity contribution in [2.75, 3.05) is 13.2 Å². The fraction of sp³-hybridized carbons (Fsp3) is 0.909. The van der Waals surface area contributed by atoms with Gasteiger partial charge in [-0.1, -0.05) is 104 Å². The van der Waals surface area contributed by atoms with Crippen LogP contribution in [0.25, 0.3) is 0 Å². The summed E-state index contributed by atoms with van der Waals surface area (Å²) in [5.41, 5.74) is 0. The van der Waals surface area contributed by atoms with Crippen LogP contribution in [0.4, 0.5) is 0 Å². The monoisotopic (exact) mass is 661 g/mol. The molecular weight excluding hydrogens is 620 g/mol. The maximum absolute atomic E-state index is 5.03. The molecule has 0 bridgehead atoms. The van der Waals surface area contributed by atoms with E-state index in [1.807, 2.05) is 0 Å². The van der Waals surface area contributed by atoms with Crippen molar-refractivity contribution < 1.29 is 30.5 Å². The van der Waals surface area contributed by atoms with Crippen molar-refractivity contribution in [1.29, 1.82) is 0 Å². The first-order chi connectivity index (χ1) is 13.5. The average molecular weight is 662 g/mol. The average Bonchev–Trinajstić information content (AvgIpc) is 2.65. The van der Waals surface area contributed by atoms with Crippen molar-refractivity contribution in [3.8, 4) is 0 Å². The van der Waals surface area contributed by atoms with Gasteiger partial charge in [-0.05, 0) is 12.8 Å². The Labute approximate surface area is 217 Å². The van der Waals surface area contributed by atoms with E-state index in [4.69, 9.17) is 9.47 Å². The van der Waals surface area contributed by atoms with Crippen molar-refractivity contribution in [2.45, 2.75) is 117 Å². The SMILES string of the molecule is CCCCCCCCCCOC(=S)[S-].CCCCCCCCCCOC(=S)[S-].[Pt+2]. The number of thiocarbonyl (C=S) groups is 2. The van der Waals surface area contributed by atoms with E-state index in [1.54, 1.807) is 0 Å². The van der Waals surface area contributed by atoms with Gasteiger partial charge in [0.05, 0.1) is 13.2 Å². The van der Waals surface area contributed by atoms with Crippen LogP contribution in [0.5, 0.6) is 0 Å². The summed E-state index contributed by atoms with van der Waals surface area (Å²) in [6, 6.07) is 0. The van der Waals surface area contributed by atoms with Gasteiger partial charge in [0.15, 0.2) is 0 Å². The summed E-state index contributed by atoms with van der Waals surface area (Å²) < 4.78 is 10.6. The molecule has 0 radical (unpaired) electrons. The molecule has 0 aliphatic carbocycles. The van der Waals surface area contributed by atoms with Crippen molar-refractivity contribution in [2.24, 2.45) is 0 Å². The van der Waals surface area contributed by atoms with Gasteiger partial charge in [0.1, 0.15) is 0 Å². The second-order valence-corrected chi connectivity index (χ2v) is 9.15. The van der Waals surface area contributed by atoms with Gasteiger partial charge in [0.25, 0.3) is 0 Å². The van der Waals surface area contributed by atoms with Gasteiger partial charge in [-0.2, -0.15) is 0 Å². The molecule has 0 aromatic carbocycles. The van der Waals surface area contributed by atoms with Crippen molar-refractivity contribution in [3.05, 3.63) is 0 Å².